The molecule has 2 saturated heterocycles. The normalized spacial score (nSPS) is 23.2. The molecule has 2 fully saturated rings. The van der Waals surface area contributed by atoms with E-state index in [1.54, 1.807) is 0 Å². The molecule has 2 aliphatic rings. The zero-order valence-corrected chi connectivity index (χ0v) is 17.3. The van der Waals surface area contributed by atoms with Gasteiger partial charge in [-0.15, -0.1) is 0 Å². The van der Waals surface area contributed by atoms with Gasteiger partial charge in [-0.2, -0.15) is 13.2 Å². The fraction of sp³-hybridized carbons (Fsp3) is 0.600. The number of likely N-dealkylation sites (tertiary alicyclic amines) is 1. The topological polar surface area (TPSA) is 79.3 Å². The van der Waals surface area contributed by atoms with Crippen LogP contribution in [0.25, 0.3) is 0 Å². The summed E-state index contributed by atoms with van der Waals surface area (Å²) in [6, 6.07) is 5.76. The molecular weight excluding hydrogens is 424 g/mol. The van der Waals surface area contributed by atoms with Gasteiger partial charge in [-0.3, -0.25) is 4.79 Å². The summed E-state index contributed by atoms with van der Waals surface area (Å²) in [4.78, 5) is 25.6. The van der Waals surface area contributed by atoms with Gasteiger partial charge < -0.3 is 24.4 Å². The lowest BCUT2D eigenvalue weighted by Crippen LogP contribution is -2.44. The molecule has 0 aliphatic carbocycles. The number of amides is 1. The van der Waals surface area contributed by atoms with E-state index in [-0.39, 0.29) is 30.0 Å². The number of hydrogen-bond donors (Lipinski definition) is 1. The van der Waals surface area contributed by atoms with Crippen molar-refractivity contribution in [3.8, 4) is 0 Å². The Morgan fingerprint density at radius 3 is 2.42 bits per heavy atom. The lowest BCUT2D eigenvalue weighted by Gasteiger charge is -2.32. The van der Waals surface area contributed by atoms with E-state index in [0.29, 0.717) is 25.3 Å². The molecule has 174 valence electrons. The van der Waals surface area contributed by atoms with Crippen LogP contribution in [0.2, 0.25) is 0 Å². The number of likely N-dealkylation sites (N-methyl/N-ethyl adjacent to an activating group) is 1. The van der Waals surface area contributed by atoms with Crippen LogP contribution in [0, 0.1) is 5.82 Å². The molecule has 1 N–H and O–H groups in total. The monoisotopic (exact) mass is 450 g/mol. The zero-order valence-electron chi connectivity index (χ0n) is 17.3. The van der Waals surface area contributed by atoms with Gasteiger partial charge in [0.1, 0.15) is 18.0 Å². The van der Waals surface area contributed by atoms with E-state index in [9.17, 15) is 22.4 Å². The van der Waals surface area contributed by atoms with Gasteiger partial charge in [-0.05, 0) is 51.2 Å². The van der Waals surface area contributed by atoms with E-state index >= 15 is 0 Å². The van der Waals surface area contributed by atoms with Gasteiger partial charge in [0.25, 0.3) is 5.91 Å². The van der Waals surface area contributed by atoms with Crippen LogP contribution in [0.3, 0.4) is 0 Å². The minimum absolute atomic E-state index is 0.0423. The van der Waals surface area contributed by atoms with Crippen molar-refractivity contribution in [1.29, 1.82) is 0 Å². The summed E-state index contributed by atoms with van der Waals surface area (Å²) in [6.07, 6.45) is -3.38. The summed E-state index contributed by atoms with van der Waals surface area (Å²) >= 11 is 0. The number of carboxylic acid groups (broad SMARTS) is 1. The second kappa shape index (κ2) is 10.9. The lowest BCUT2D eigenvalue weighted by molar-refractivity contribution is -0.192. The Hall–Kier alpha value is -2.24. The zero-order chi connectivity index (χ0) is 23.2. The van der Waals surface area contributed by atoms with E-state index in [0.717, 1.165) is 19.4 Å². The largest absolute Gasteiger partial charge is 0.490 e. The third kappa shape index (κ3) is 7.15. The van der Waals surface area contributed by atoms with Crippen molar-refractivity contribution in [1.82, 2.24) is 9.80 Å². The molecule has 11 heteroatoms. The highest BCUT2D eigenvalue weighted by molar-refractivity contribution is 5.94. The molecule has 31 heavy (non-hydrogen) atoms. The van der Waals surface area contributed by atoms with E-state index < -0.39 is 12.1 Å². The summed E-state index contributed by atoms with van der Waals surface area (Å²) in [5.41, 5.74) is 0.509. The number of halogens is 4. The standard InChI is InChI=1S/C18H25FN2O3.C2HF3O2/c1-20(2)9-11-23-16-12-21(15-4-3-10-24-17(15)16)18(22)13-5-7-14(19)8-6-13;3-2(4,5)1(6)7/h5-8,15-17H,3-4,9-12H2,1-2H3;(H,6,7)/t15-,16+,17+;/m1./s1. The summed E-state index contributed by atoms with van der Waals surface area (Å²) in [7, 11) is 4.00. The molecule has 1 amide bonds. The number of hydrogen-bond acceptors (Lipinski definition) is 5. The second-order valence-corrected chi connectivity index (χ2v) is 7.52. The quantitative estimate of drug-likeness (QED) is 0.695. The van der Waals surface area contributed by atoms with E-state index in [1.165, 1.54) is 24.3 Å². The first-order valence-corrected chi connectivity index (χ1v) is 9.75. The van der Waals surface area contributed by atoms with Gasteiger partial charge in [0.2, 0.25) is 0 Å². The Morgan fingerprint density at radius 1 is 1.26 bits per heavy atom. The summed E-state index contributed by atoms with van der Waals surface area (Å²) < 4.78 is 56.7. The number of alkyl halides is 3. The van der Waals surface area contributed by atoms with E-state index in [2.05, 4.69) is 4.90 Å². The van der Waals surface area contributed by atoms with Crippen molar-refractivity contribution < 1.29 is 41.7 Å². The third-order valence-electron chi connectivity index (χ3n) is 4.94. The predicted octanol–water partition coefficient (Wildman–Crippen LogP) is 2.41. The Balaban J connectivity index is 0.000000423. The van der Waals surface area contributed by atoms with Crippen LogP contribution in [0.1, 0.15) is 23.2 Å². The van der Waals surface area contributed by atoms with Crippen molar-refractivity contribution in [2.75, 3.05) is 40.4 Å². The summed E-state index contributed by atoms with van der Waals surface area (Å²) in [5.74, 6) is -3.17. The SMILES string of the molecule is CN(C)CCO[C@H]1CN(C(=O)c2ccc(F)cc2)[C@@H]2CCCO[C@H]12.O=C(O)C(F)(F)F. The molecule has 0 unspecified atom stereocenters. The van der Waals surface area contributed by atoms with Crippen molar-refractivity contribution >= 4 is 11.9 Å². The molecule has 0 spiro atoms. The van der Waals surface area contributed by atoms with Gasteiger partial charge in [-0.25, -0.2) is 9.18 Å². The van der Waals surface area contributed by atoms with Gasteiger partial charge in [0, 0.05) is 18.7 Å². The molecule has 3 rings (SSSR count). The van der Waals surface area contributed by atoms with Crippen molar-refractivity contribution in [2.45, 2.75) is 37.3 Å². The minimum Gasteiger partial charge on any atom is -0.475 e. The molecule has 0 aromatic heterocycles. The molecule has 0 saturated carbocycles. The van der Waals surface area contributed by atoms with Crippen LogP contribution < -0.4 is 0 Å². The highest BCUT2D eigenvalue weighted by atomic mass is 19.4. The molecule has 1 aromatic rings. The summed E-state index contributed by atoms with van der Waals surface area (Å²) in [5, 5.41) is 7.12. The third-order valence-corrected chi connectivity index (χ3v) is 4.94. The van der Waals surface area contributed by atoms with Gasteiger partial charge in [0.05, 0.1) is 19.2 Å². The second-order valence-electron chi connectivity index (χ2n) is 7.52. The Bertz CT molecular complexity index is 742. The van der Waals surface area contributed by atoms with Crippen LogP contribution >= 0.6 is 0 Å². The maximum absolute atomic E-state index is 13.1. The van der Waals surface area contributed by atoms with Crippen molar-refractivity contribution in [3.05, 3.63) is 35.6 Å². The number of carboxylic acids is 1. The number of carbonyl (C=O) groups excluding carboxylic acids is 1. The molecule has 1 aromatic carbocycles. The molecule has 0 bridgehead atoms. The first-order valence-electron chi connectivity index (χ1n) is 9.75. The fourth-order valence-corrected chi connectivity index (χ4v) is 3.43. The number of aliphatic carboxylic acids is 1. The predicted molar refractivity (Wildman–Crippen MR) is 102 cm³/mol. The number of nitrogens with zero attached hydrogens (tertiary/aromatic N) is 2. The van der Waals surface area contributed by atoms with Gasteiger partial charge in [0.15, 0.2) is 0 Å². The molecule has 0 radical (unpaired) electrons. The highest BCUT2D eigenvalue weighted by Gasteiger charge is 2.46. The fourth-order valence-electron chi connectivity index (χ4n) is 3.43. The Kier molecular flexibility index (Phi) is 8.78. The molecule has 2 aliphatic heterocycles. The number of ether oxygens (including phenoxy) is 2. The highest BCUT2D eigenvalue weighted by Crippen LogP contribution is 2.31. The van der Waals surface area contributed by atoms with Crippen molar-refractivity contribution in [2.24, 2.45) is 0 Å². The molecule has 7 nitrogen and oxygen atoms in total. The first-order chi connectivity index (χ1) is 14.5. The van der Waals surface area contributed by atoms with E-state index in [4.69, 9.17) is 19.4 Å². The van der Waals surface area contributed by atoms with Crippen LogP contribution in [0.5, 0.6) is 0 Å². The minimum atomic E-state index is -5.08. The van der Waals surface area contributed by atoms with Gasteiger partial charge in [-0.1, -0.05) is 0 Å². The maximum Gasteiger partial charge on any atom is 0.490 e. The number of fused-ring (bicyclic) bond motifs is 1. The van der Waals surface area contributed by atoms with Gasteiger partial charge >= 0.3 is 12.1 Å². The smallest absolute Gasteiger partial charge is 0.475 e. The first kappa shape index (κ1) is 25.0. The number of benzene rings is 1. The van der Waals surface area contributed by atoms with Crippen molar-refractivity contribution in [3.63, 3.8) is 0 Å². The Morgan fingerprint density at radius 2 is 1.87 bits per heavy atom. The summed E-state index contributed by atoms with van der Waals surface area (Å²) in [6.45, 7) is 2.69. The Labute approximate surface area is 177 Å². The molecule has 3 atom stereocenters. The van der Waals surface area contributed by atoms with Crippen LogP contribution in [-0.4, -0.2) is 91.6 Å². The molecular formula is C20H26F4N2O5. The number of rotatable bonds is 5. The number of carbonyl (C=O) groups is 2. The van der Waals surface area contributed by atoms with Crippen LogP contribution in [0.15, 0.2) is 24.3 Å². The average molecular weight is 450 g/mol. The average Bonchev–Trinajstić information content (AvgIpc) is 3.06. The lowest BCUT2D eigenvalue weighted by atomic mass is 10.0. The molecule has 2 heterocycles. The maximum atomic E-state index is 13.1. The van der Waals surface area contributed by atoms with E-state index in [1.807, 2.05) is 19.0 Å². The van der Waals surface area contributed by atoms with Crippen LogP contribution in [0.4, 0.5) is 17.6 Å². The van der Waals surface area contributed by atoms with Crippen LogP contribution in [-0.2, 0) is 14.3 Å².